The summed E-state index contributed by atoms with van der Waals surface area (Å²) < 4.78 is 39.3. The van der Waals surface area contributed by atoms with Gasteiger partial charge in [-0.3, -0.25) is 4.72 Å². The first-order chi connectivity index (χ1) is 14.8. The Bertz CT molecular complexity index is 1400. The molecule has 8 nitrogen and oxygen atoms in total. The normalized spacial score (nSPS) is 11.2. The Labute approximate surface area is 211 Å². The van der Waals surface area contributed by atoms with E-state index in [1.54, 1.807) is 36.5 Å². The Morgan fingerprint density at radius 3 is 2.72 bits per heavy atom. The van der Waals surface area contributed by atoms with Crippen LogP contribution in [0.3, 0.4) is 0 Å². The number of thiazole rings is 1. The second kappa shape index (κ2) is 10.2. The number of aromatic nitrogens is 1. The second-order valence-corrected chi connectivity index (χ2v) is 9.21. The minimum absolute atomic E-state index is 0. The molecular weight excluding hydrogens is 461 g/mol. The summed E-state index contributed by atoms with van der Waals surface area (Å²) in [5.41, 5.74) is 2.46. The van der Waals surface area contributed by atoms with Gasteiger partial charge in [0.2, 0.25) is 0 Å². The van der Waals surface area contributed by atoms with Gasteiger partial charge in [-0.05, 0) is 42.3 Å². The van der Waals surface area contributed by atoms with Gasteiger partial charge < -0.3 is 9.15 Å². The zero-order valence-corrected chi connectivity index (χ0v) is 18.3. The monoisotopic (exact) mass is 481 g/mol. The summed E-state index contributed by atoms with van der Waals surface area (Å²) in [7, 11) is -2.30. The first-order valence-corrected chi connectivity index (χ1v) is 11.6. The molecule has 0 atom stereocenters. The summed E-state index contributed by atoms with van der Waals surface area (Å²) in [4.78, 5) is 16.8. The number of ether oxygens (including phenoxy) is 1. The van der Waals surface area contributed by atoms with Crippen molar-refractivity contribution in [3.8, 4) is 10.9 Å². The fourth-order valence-corrected chi connectivity index (χ4v) is 4.20. The predicted molar refractivity (Wildman–Crippen MR) is 127 cm³/mol. The molecule has 0 bridgehead atoms. The summed E-state index contributed by atoms with van der Waals surface area (Å²) in [5.74, 6) is 0.530. The molecule has 162 valence electrons. The molecule has 2 N–H and O–H groups in total. The van der Waals surface area contributed by atoms with Crippen LogP contribution in [0.25, 0.3) is 11.0 Å². The van der Waals surface area contributed by atoms with E-state index in [0.717, 1.165) is 16.5 Å². The van der Waals surface area contributed by atoms with E-state index in [0.29, 0.717) is 34.2 Å². The number of hydrogen-bond donors (Lipinski definition) is 2. The average Bonchev–Trinajstić information content (AvgIpc) is 3.24. The first kappa shape index (κ1) is 24.4. The van der Waals surface area contributed by atoms with Crippen LogP contribution in [-0.4, -0.2) is 50.0 Å². The van der Waals surface area contributed by atoms with E-state index in [1.165, 1.54) is 18.4 Å². The number of aryl methyl sites for hydroxylation is 1. The predicted octanol–water partition coefficient (Wildman–Crippen LogP) is 3.17. The second-order valence-electron chi connectivity index (χ2n) is 6.74. The van der Waals surface area contributed by atoms with Gasteiger partial charge in [-0.25, -0.2) is 14.5 Å². The number of anilines is 1. The van der Waals surface area contributed by atoms with Crippen LogP contribution in [0.15, 0.2) is 63.3 Å². The standard InChI is InChI=1S/C21H19N3O5S2.Na.H/c1-13-17-7-6-16(28-21-23-8-9-30-21)12-19(17)29-20(25)18(13)11-14-4-3-5-15(10-14)24-31(26,27)22-2;;/h3-10,12,22,24H,11H2,1-2H3;;. The molecule has 0 aliphatic rings. The molecule has 0 amide bonds. The van der Waals surface area contributed by atoms with E-state index >= 15 is 0 Å². The molecule has 0 unspecified atom stereocenters. The molecular formula is C21H20N3NaO5S2. The average molecular weight is 482 g/mol. The number of benzene rings is 2. The summed E-state index contributed by atoms with van der Waals surface area (Å²) >= 11 is 1.37. The van der Waals surface area contributed by atoms with E-state index in [2.05, 4.69) is 14.4 Å². The molecule has 0 aliphatic carbocycles. The van der Waals surface area contributed by atoms with Crippen LogP contribution in [-0.2, 0) is 16.6 Å². The van der Waals surface area contributed by atoms with Crippen LogP contribution >= 0.6 is 11.3 Å². The van der Waals surface area contributed by atoms with Crippen LogP contribution < -0.4 is 19.8 Å². The van der Waals surface area contributed by atoms with Gasteiger partial charge in [-0.2, -0.15) is 8.42 Å². The number of hydrogen-bond acceptors (Lipinski definition) is 7. The molecule has 11 heteroatoms. The molecule has 0 aliphatic heterocycles. The minimum atomic E-state index is -3.63. The van der Waals surface area contributed by atoms with Gasteiger partial charge in [0.1, 0.15) is 11.3 Å². The first-order valence-electron chi connectivity index (χ1n) is 9.28. The van der Waals surface area contributed by atoms with Gasteiger partial charge in [0.25, 0.3) is 15.4 Å². The van der Waals surface area contributed by atoms with Gasteiger partial charge in [0.05, 0.1) is 5.69 Å². The molecule has 2 heterocycles. The molecule has 0 saturated carbocycles. The molecule has 0 spiro atoms. The number of nitrogens with one attached hydrogen (secondary N) is 2. The zero-order chi connectivity index (χ0) is 22.0. The van der Waals surface area contributed by atoms with E-state index in [1.807, 2.05) is 24.4 Å². The Kier molecular flexibility index (Phi) is 7.75. The van der Waals surface area contributed by atoms with Gasteiger partial charge in [0, 0.05) is 42.1 Å². The van der Waals surface area contributed by atoms with Crippen molar-refractivity contribution in [1.82, 2.24) is 9.71 Å². The molecule has 32 heavy (non-hydrogen) atoms. The molecule has 0 fully saturated rings. The quantitative estimate of drug-likeness (QED) is 0.310. The zero-order valence-electron chi connectivity index (χ0n) is 16.7. The van der Waals surface area contributed by atoms with Crippen LogP contribution in [0, 0.1) is 6.92 Å². The van der Waals surface area contributed by atoms with Crippen molar-refractivity contribution >= 4 is 67.8 Å². The van der Waals surface area contributed by atoms with Crippen molar-refractivity contribution in [3.63, 3.8) is 0 Å². The molecule has 4 aromatic rings. The van der Waals surface area contributed by atoms with Crippen molar-refractivity contribution in [2.24, 2.45) is 0 Å². The van der Waals surface area contributed by atoms with Crippen LogP contribution in [0.5, 0.6) is 10.9 Å². The summed E-state index contributed by atoms with van der Waals surface area (Å²) in [6, 6.07) is 12.2. The summed E-state index contributed by atoms with van der Waals surface area (Å²) in [6.07, 6.45) is 1.95. The van der Waals surface area contributed by atoms with Crippen LogP contribution in [0.1, 0.15) is 16.7 Å². The Hall–Kier alpha value is -2.21. The molecule has 4 rings (SSSR count). The third-order valence-corrected chi connectivity index (χ3v) is 6.39. The van der Waals surface area contributed by atoms with Gasteiger partial charge in [-0.15, -0.1) is 0 Å². The number of nitrogens with zero attached hydrogens (tertiary/aromatic N) is 1. The maximum atomic E-state index is 12.7. The van der Waals surface area contributed by atoms with Crippen LogP contribution in [0.4, 0.5) is 5.69 Å². The molecule has 2 aromatic carbocycles. The fraction of sp³-hybridized carbons (Fsp3) is 0.143. The van der Waals surface area contributed by atoms with Crippen molar-refractivity contribution in [2.75, 3.05) is 11.8 Å². The van der Waals surface area contributed by atoms with E-state index in [-0.39, 0.29) is 29.6 Å². The SMILES string of the molecule is CNS(=O)(=O)Nc1cccc(Cc2c(C)c3ccc(Oc4nccs4)cc3oc2=O)c1.[NaH]. The van der Waals surface area contributed by atoms with E-state index in [4.69, 9.17) is 9.15 Å². The van der Waals surface area contributed by atoms with Crippen molar-refractivity contribution < 1.29 is 17.6 Å². The van der Waals surface area contributed by atoms with E-state index in [9.17, 15) is 13.2 Å². The Balaban J connectivity index is 0.00000289. The molecule has 0 saturated heterocycles. The van der Waals surface area contributed by atoms with E-state index < -0.39 is 15.8 Å². The van der Waals surface area contributed by atoms with Crippen LogP contribution in [0.2, 0.25) is 0 Å². The van der Waals surface area contributed by atoms with Gasteiger partial charge in [0.15, 0.2) is 0 Å². The van der Waals surface area contributed by atoms with Gasteiger partial charge in [-0.1, -0.05) is 23.5 Å². The third kappa shape index (κ3) is 5.58. The molecule has 2 aromatic heterocycles. The topological polar surface area (TPSA) is 111 Å². The van der Waals surface area contributed by atoms with Gasteiger partial charge >= 0.3 is 35.2 Å². The van der Waals surface area contributed by atoms with Crippen molar-refractivity contribution in [3.05, 3.63) is 81.2 Å². The Morgan fingerprint density at radius 1 is 1.19 bits per heavy atom. The third-order valence-electron chi connectivity index (χ3n) is 4.70. The Morgan fingerprint density at radius 2 is 2.00 bits per heavy atom. The summed E-state index contributed by atoms with van der Waals surface area (Å²) in [6.45, 7) is 1.86. The number of rotatable bonds is 7. The van der Waals surface area contributed by atoms with Crippen molar-refractivity contribution in [2.45, 2.75) is 13.3 Å². The summed E-state index contributed by atoms with van der Waals surface area (Å²) in [5, 5.41) is 3.11. The van der Waals surface area contributed by atoms with Crippen molar-refractivity contribution in [1.29, 1.82) is 0 Å². The fourth-order valence-electron chi connectivity index (χ4n) is 3.16. The molecule has 0 radical (unpaired) electrons. The maximum absolute atomic E-state index is 12.7. The number of fused-ring (bicyclic) bond motifs is 1.